The second kappa shape index (κ2) is 12.5. The molecule has 0 atom stereocenters. The number of hydrogen-bond donors (Lipinski definition) is 1. The third-order valence-electron chi connectivity index (χ3n) is 6.10. The standard InChI is InChI=1S/C28H24Br2N4O2S2/c29-21-6-4-19(5-7-21)25-17-37-28(32-25)38-18-26(35)31-23-8-10-24(11-9-23)33-12-14-34(15-13-33)27(36)20-2-1-3-22(30)16-20/h1-11,16-17H,12-15,18H2,(H,31,35). The summed E-state index contributed by atoms with van der Waals surface area (Å²) < 4.78 is 2.80. The molecule has 4 aromatic rings. The van der Waals surface area contributed by atoms with Crippen molar-refractivity contribution in [2.75, 3.05) is 42.1 Å². The van der Waals surface area contributed by atoms with Crippen LogP contribution in [0.1, 0.15) is 10.4 Å². The summed E-state index contributed by atoms with van der Waals surface area (Å²) in [7, 11) is 0. The Morgan fingerprint density at radius 3 is 2.37 bits per heavy atom. The maximum absolute atomic E-state index is 12.8. The van der Waals surface area contributed by atoms with Crippen LogP contribution >= 0.6 is 55.0 Å². The number of amides is 2. The van der Waals surface area contributed by atoms with Crippen molar-refractivity contribution < 1.29 is 9.59 Å². The molecule has 0 saturated carbocycles. The summed E-state index contributed by atoms with van der Waals surface area (Å²) in [5.41, 5.74) is 4.51. The number of aromatic nitrogens is 1. The largest absolute Gasteiger partial charge is 0.368 e. The molecule has 5 rings (SSSR count). The molecule has 1 fully saturated rings. The Labute approximate surface area is 246 Å². The summed E-state index contributed by atoms with van der Waals surface area (Å²) in [5.74, 6) is 0.287. The lowest BCUT2D eigenvalue weighted by Gasteiger charge is -2.36. The Balaban J connectivity index is 1.09. The second-order valence-electron chi connectivity index (χ2n) is 8.68. The van der Waals surface area contributed by atoms with Gasteiger partial charge >= 0.3 is 0 Å². The number of nitrogens with zero attached hydrogens (tertiary/aromatic N) is 3. The van der Waals surface area contributed by atoms with E-state index in [1.807, 2.05) is 83.1 Å². The van der Waals surface area contributed by atoms with Gasteiger partial charge in [-0.05, 0) is 54.6 Å². The van der Waals surface area contributed by atoms with E-state index in [-0.39, 0.29) is 11.8 Å². The van der Waals surface area contributed by atoms with Gasteiger partial charge in [0.1, 0.15) is 0 Å². The highest BCUT2D eigenvalue weighted by atomic mass is 79.9. The monoisotopic (exact) mass is 670 g/mol. The van der Waals surface area contributed by atoms with E-state index in [2.05, 4.69) is 47.1 Å². The summed E-state index contributed by atoms with van der Waals surface area (Å²) in [5, 5.41) is 4.98. The molecule has 3 aromatic carbocycles. The van der Waals surface area contributed by atoms with Crippen LogP contribution in [0.15, 0.2) is 91.5 Å². The number of thiazole rings is 1. The zero-order valence-corrected chi connectivity index (χ0v) is 25.1. The molecule has 1 N–H and O–H groups in total. The van der Waals surface area contributed by atoms with Crippen LogP contribution in [0.25, 0.3) is 11.3 Å². The van der Waals surface area contributed by atoms with Crippen molar-refractivity contribution in [3.8, 4) is 11.3 Å². The van der Waals surface area contributed by atoms with Crippen molar-refractivity contribution in [1.29, 1.82) is 0 Å². The molecule has 194 valence electrons. The predicted octanol–water partition coefficient (Wildman–Crippen LogP) is 7.03. The number of piperazine rings is 1. The SMILES string of the molecule is O=C(CSc1nc(-c2ccc(Br)cc2)cs1)Nc1ccc(N2CCN(C(=O)c3cccc(Br)c3)CC2)cc1. The molecule has 1 aromatic heterocycles. The van der Waals surface area contributed by atoms with Gasteiger partial charge in [-0.25, -0.2) is 4.98 Å². The number of nitrogens with one attached hydrogen (secondary N) is 1. The highest BCUT2D eigenvalue weighted by molar-refractivity contribution is 9.10. The fourth-order valence-corrected chi connectivity index (χ4v) is 6.43. The molecule has 0 unspecified atom stereocenters. The first-order valence-corrected chi connectivity index (χ1v) is 15.4. The first-order chi connectivity index (χ1) is 18.4. The summed E-state index contributed by atoms with van der Waals surface area (Å²) in [6, 6.07) is 23.4. The number of thioether (sulfide) groups is 1. The molecule has 6 nitrogen and oxygen atoms in total. The Morgan fingerprint density at radius 1 is 0.921 bits per heavy atom. The van der Waals surface area contributed by atoms with Gasteiger partial charge in [-0.3, -0.25) is 9.59 Å². The lowest BCUT2D eigenvalue weighted by Crippen LogP contribution is -2.48. The van der Waals surface area contributed by atoms with Gasteiger partial charge < -0.3 is 15.1 Å². The van der Waals surface area contributed by atoms with Gasteiger partial charge in [0.2, 0.25) is 5.91 Å². The average Bonchev–Trinajstić information content (AvgIpc) is 3.42. The number of rotatable bonds is 7. The van der Waals surface area contributed by atoms with E-state index in [9.17, 15) is 9.59 Å². The fourth-order valence-electron chi connectivity index (χ4n) is 4.13. The quantitative estimate of drug-likeness (QED) is 0.214. The molecule has 0 spiro atoms. The smallest absolute Gasteiger partial charge is 0.254 e. The molecule has 1 aliphatic rings. The third-order valence-corrected chi connectivity index (χ3v) is 9.15. The number of anilines is 2. The van der Waals surface area contributed by atoms with E-state index in [1.165, 1.54) is 11.8 Å². The molecule has 0 aliphatic carbocycles. The maximum atomic E-state index is 12.8. The molecule has 0 radical (unpaired) electrons. The van der Waals surface area contributed by atoms with E-state index in [4.69, 9.17) is 0 Å². The average molecular weight is 672 g/mol. The zero-order chi connectivity index (χ0) is 26.5. The molecular formula is C28H24Br2N4O2S2. The van der Waals surface area contributed by atoms with Gasteiger partial charge in [0.05, 0.1) is 11.4 Å². The minimum Gasteiger partial charge on any atom is -0.368 e. The molecule has 1 saturated heterocycles. The van der Waals surface area contributed by atoms with Gasteiger partial charge in [0.25, 0.3) is 5.91 Å². The van der Waals surface area contributed by atoms with E-state index in [0.717, 1.165) is 49.0 Å². The number of benzene rings is 3. The summed E-state index contributed by atoms with van der Waals surface area (Å²) in [4.78, 5) is 34.1. The molecule has 0 bridgehead atoms. The summed E-state index contributed by atoms with van der Waals surface area (Å²) in [6.07, 6.45) is 0. The van der Waals surface area contributed by atoms with Crippen molar-refractivity contribution in [1.82, 2.24) is 9.88 Å². The van der Waals surface area contributed by atoms with Crippen LogP contribution in [-0.2, 0) is 4.79 Å². The predicted molar refractivity (Wildman–Crippen MR) is 163 cm³/mol. The Kier molecular flexibility index (Phi) is 8.83. The lowest BCUT2D eigenvalue weighted by atomic mass is 10.1. The van der Waals surface area contributed by atoms with Crippen molar-refractivity contribution in [3.63, 3.8) is 0 Å². The highest BCUT2D eigenvalue weighted by Crippen LogP contribution is 2.29. The Bertz CT molecular complexity index is 1420. The Morgan fingerprint density at radius 2 is 1.66 bits per heavy atom. The van der Waals surface area contributed by atoms with E-state index in [1.54, 1.807) is 11.3 Å². The van der Waals surface area contributed by atoms with E-state index < -0.39 is 0 Å². The van der Waals surface area contributed by atoms with Crippen molar-refractivity contribution in [2.24, 2.45) is 0 Å². The van der Waals surface area contributed by atoms with Crippen LogP contribution in [0.4, 0.5) is 11.4 Å². The fraction of sp³-hybridized carbons (Fsp3) is 0.179. The first kappa shape index (κ1) is 26.9. The minimum absolute atomic E-state index is 0.0594. The number of halogens is 2. The molecule has 10 heteroatoms. The van der Waals surface area contributed by atoms with Crippen molar-refractivity contribution >= 4 is 78.1 Å². The van der Waals surface area contributed by atoms with Gasteiger partial charge in [0.15, 0.2) is 4.34 Å². The summed E-state index contributed by atoms with van der Waals surface area (Å²) >= 11 is 9.86. The van der Waals surface area contributed by atoms with E-state index >= 15 is 0 Å². The normalized spacial score (nSPS) is 13.4. The van der Waals surface area contributed by atoms with Crippen LogP contribution in [0.5, 0.6) is 0 Å². The topological polar surface area (TPSA) is 65.5 Å². The van der Waals surface area contributed by atoms with Crippen LogP contribution in [0.2, 0.25) is 0 Å². The number of hydrogen-bond acceptors (Lipinski definition) is 6. The second-order valence-corrected chi connectivity index (χ2v) is 12.6. The molecule has 2 amide bonds. The third kappa shape index (κ3) is 6.85. The number of carbonyl (C=O) groups is 2. The highest BCUT2D eigenvalue weighted by Gasteiger charge is 2.22. The minimum atomic E-state index is -0.0668. The maximum Gasteiger partial charge on any atom is 0.254 e. The molecule has 1 aliphatic heterocycles. The van der Waals surface area contributed by atoms with Gasteiger partial charge in [-0.15, -0.1) is 11.3 Å². The van der Waals surface area contributed by atoms with Crippen LogP contribution < -0.4 is 10.2 Å². The van der Waals surface area contributed by atoms with Crippen LogP contribution in [0, 0.1) is 0 Å². The zero-order valence-electron chi connectivity index (χ0n) is 20.3. The van der Waals surface area contributed by atoms with Crippen LogP contribution in [-0.4, -0.2) is 53.6 Å². The molecule has 2 heterocycles. The molecular weight excluding hydrogens is 648 g/mol. The Hall–Kier alpha value is -2.66. The van der Waals surface area contributed by atoms with Gasteiger partial charge in [-0.2, -0.15) is 0 Å². The van der Waals surface area contributed by atoms with E-state index in [0.29, 0.717) is 24.4 Å². The lowest BCUT2D eigenvalue weighted by molar-refractivity contribution is -0.113. The van der Waals surface area contributed by atoms with Gasteiger partial charge in [-0.1, -0.05) is 61.8 Å². The first-order valence-electron chi connectivity index (χ1n) is 12.0. The van der Waals surface area contributed by atoms with Crippen molar-refractivity contribution in [2.45, 2.75) is 4.34 Å². The van der Waals surface area contributed by atoms with Crippen LogP contribution in [0.3, 0.4) is 0 Å². The number of carbonyl (C=O) groups excluding carboxylic acids is 2. The van der Waals surface area contributed by atoms with Crippen molar-refractivity contribution in [3.05, 3.63) is 92.7 Å². The molecule has 38 heavy (non-hydrogen) atoms. The summed E-state index contributed by atoms with van der Waals surface area (Å²) in [6.45, 7) is 2.86. The van der Waals surface area contributed by atoms with Gasteiger partial charge in [0, 0.05) is 63.0 Å².